The molecule has 0 saturated heterocycles. The molecule has 1 aromatic carbocycles. The third kappa shape index (κ3) is 13.6. The number of hydrogen-bond donors (Lipinski definition) is 1. The average Bonchev–Trinajstić information content (AvgIpc) is 2.70. The van der Waals surface area contributed by atoms with Crippen LogP contribution in [0.25, 0.3) is 0 Å². The number of nitrogens with one attached hydrogen (secondary N) is 1. The van der Waals surface area contributed by atoms with Gasteiger partial charge in [-0.2, -0.15) is 0 Å². The maximum Gasteiger partial charge on any atom is 0.119 e. The minimum absolute atomic E-state index is 0. The Morgan fingerprint density at radius 3 is 2.00 bits per heavy atom. The number of ether oxygens (including phenoxy) is 4. The fourth-order valence-electron chi connectivity index (χ4n) is 2.12. The van der Waals surface area contributed by atoms with Crippen LogP contribution >= 0.6 is 0 Å². The number of hydrogen-bond acceptors (Lipinski definition) is 5. The van der Waals surface area contributed by atoms with Crippen LogP contribution in [0.5, 0.6) is 5.75 Å². The molecule has 0 radical (unpaired) electrons. The summed E-state index contributed by atoms with van der Waals surface area (Å²) < 4.78 is 22.1. The Hall–Kier alpha value is -1.58. The van der Waals surface area contributed by atoms with Gasteiger partial charge in [0.05, 0.1) is 39.6 Å². The molecule has 1 atom stereocenters. The third-order valence-electron chi connectivity index (χ3n) is 3.97. The van der Waals surface area contributed by atoms with Gasteiger partial charge in [-0.1, -0.05) is 39.5 Å². The Kier molecular flexibility index (Phi) is 14.3. The van der Waals surface area contributed by atoms with Gasteiger partial charge in [-0.3, -0.25) is 0 Å². The Bertz CT molecular complexity index is 554. The highest BCUT2D eigenvalue weighted by atomic mass is 16.6. The highest BCUT2D eigenvalue weighted by molar-refractivity contribution is 5.38. The summed E-state index contributed by atoms with van der Waals surface area (Å²) in [7, 11) is 0. The van der Waals surface area contributed by atoms with Gasteiger partial charge < -0.3 is 24.3 Å². The smallest absolute Gasteiger partial charge is 0.119 e. The molecule has 1 rings (SSSR count). The summed E-state index contributed by atoms with van der Waals surface area (Å²) in [6, 6.07) is 8.36. The van der Waals surface area contributed by atoms with Gasteiger partial charge in [0.25, 0.3) is 0 Å². The zero-order valence-electron chi connectivity index (χ0n) is 18.0. The van der Waals surface area contributed by atoms with Crippen LogP contribution in [0.2, 0.25) is 0 Å². The molecule has 0 heterocycles. The molecule has 0 aliphatic carbocycles. The first-order valence-corrected chi connectivity index (χ1v) is 10.3. The summed E-state index contributed by atoms with van der Waals surface area (Å²) in [6.45, 7) is 13.5. The summed E-state index contributed by atoms with van der Waals surface area (Å²) in [4.78, 5) is 0. The summed E-state index contributed by atoms with van der Waals surface area (Å²) >= 11 is 0. The van der Waals surface area contributed by atoms with E-state index in [9.17, 15) is 0 Å². The topological polar surface area (TPSA) is 49.0 Å². The quantitative estimate of drug-likeness (QED) is 0.363. The molecule has 0 aliphatic rings. The molecular weight excluding hydrogens is 354 g/mol. The summed E-state index contributed by atoms with van der Waals surface area (Å²) in [5.41, 5.74) is 1.02. The van der Waals surface area contributed by atoms with Crippen molar-refractivity contribution >= 4 is 0 Å². The zero-order chi connectivity index (χ0) is 20.5. The van der Waals surface area contributed by atoms with Gasteiger partial charge in [-0.05, 0) is 30.7 Å². The van der Waals surface area contributed by atoms with E-state index in [-0.39, 0.29) is 1.43 Å². The molecule has 28 heavy (non-hydrogen) atoms. The molecule has 0 bridgehead atoms. The molecule has 5 nitrogen and oxygen atoms in total. The average molecular weight is 394 g/mol. The van der Waals surface area contributed by atoms with Crippen molar-refractivity contribution in [1.82, 2.24) is 5.32 Å². The van der Waals surface area contributed by atoms with Crippen LogP contribution in [0.4, 0.5) is 0 Å². The third-order valence-corrected chi connectivity index (χ3v) is 3.97. The van der Waals surface area contributed by atoms with Gasteiger partial charge >= 0.3 is 0 Å². The lowest BCUT2D eigenvalue weighted by Crippen LogP contribution is -2.27. The van der Waals surface area contributed by atoms with E-state index in [0.29, 0.717) is 58.2 Å². The minimum atomic E-state index is 0. The van der Waals surface area contributed by atoms with Crippen LogP contribution < -0.4 is 10.1 Å². The van der Waals surface area contributed by atoms with Gasteiger partial charge in [0.15, 0.2) is 0 Å². The van der Waals surface area contributed by atoms with Gasteiger partial charge in [0.1, 0.15) is 12.4 Å². The summed E-state index contributed by atoms with van der Waals surface area (Å²) in [6.07, 6.45) is 1.07. The normalized spacial score (nSPS) is 11.9. The lowest BCUT2D eigenvalue weighted by Gasteiger charge is -2.09. The zero-order valence-corrected chi connectivity index (χ0v) is 18.0. The molecule has 160 valence electrons. The summed E-state index contributed by atoms with van der Waals surface area (Å²) in [5.74, 6) is 7.68. The van der Waals surface area contributed by atoms with E-state index in [0.717, 1.165) is 24.3 Å². The van der Waals surface area contributed by atoms with Crippen LogP contribution in [-0.2, 0) is 14.2 Å². The van der Waals surface area contributed by atoms with Crippen LogP contribution in [0.1, 0.15) is 41.1 Å². The fourth-order valence-corrected chi connectivity index (χ4v) is 2.12. The SMILES string of the molecule is CCC(C)C#Cc1ccc(OCCOCCOCCOCCNC(C)C)cc1.[HH]. The first-order valence-electron chi connectivity index (χ1n) is 10.3. The van der Waals surface area contributed by atoms with Crippen LogP contribution in [-0.4, -0.2) is 58.8 Å². The van der Waals surface area contributed by atoms with E-state index in [1.165, 1.54) is 0 Å². The fraction of sp³-hybridized carbons (Fsp3) is 0.652. The van der Waals surface area contributed by atoms with E-state index < -0.39 is 0 Å². The van der Waals surface area contributed by atoms with E-state index in [2.05, 4.69) is 44.9 Å². The Morgan fingerprint density at radius 1 is 0.857 bits per heavy atom. The Labute approximate surface area is 172 Å². The Morgan fingerprint density at radius 2 is 1.43 bits per heavy atom. The second kappa shape index (κ2) is 16.4. The molecule has 1 N–H and O–H groups in total. The van der Waals surface area contributed by atoms with Gasteiger partial charge in [-0.25, -0.2) is 0 Å². The first kappa shape index (κ1) is 24.5. The van der Waals surface area contributed by atoms with E-state index in [1.807, 2.05) is 24.3 Å². The molecule has 1 unspecified atom stereocenters. The van der Waals surface area contributed by atoms with Crippen molar-refractivity contribution in [1.29, 1.82) is 0 Å². The standard InChI is InChI=1S/C23H37NO4.H2/c1-5-21(4)6-7-22-8-10-23(11-9-22)28-19-18-27-17-16-26-15-14-25-13-12-24-20(2)3;/h8-11,20-21,24H,5,12-19H2,1-4H3;1H. The molecule has 0 saturated carbocycles. The van der Waals surface area contributed by atoms with Crippen LogP contribution in [0, 0.1) is 17.8 Å². The largest absolute Gasteiger partial charge is 0.491 e. The molecule has 0 aliphatic heterocycles. The first-order chi connectivity index (χ1) is 13.6. The van der Waals surface area contributed by atoms with Gasteiger partial charge in [0.2, 0.25) is 0 Å². The molecule has 0 amide bonds. The highest BCUT2D eigenvalue weighted by Crippen LogP contribution is 2.11. The van der Waals surface area contributed by atoms with Crippen LogP contribution in [0.15, 0.2) is 24.3 Å². The molecule has 0 spiro atoms. The predicted octanol–water partition coefficient (Wildman–Crippen LogP) is 3.76. The maximum absolute atomic E-state index is 5.67. The number of benzene rings is 1. The molecule has 5 heteroatoms. The predicted molar refractivity (Wildman–Crippen MR) is 116 cm³/mol. The van der Waals surface area contributed by atoms with E-state index >= 15 is 0 Å². The lowest BCUT2D eigenvalue weighted by atomic mass is 10.1. The molecular formula is C23H39NO4. The second-order valence-electron chi connectivity index (χ2n) is 6.90. The van der Waals surface area contributed by atoms with Crippen molar-refractivity contribution < 1.29 is 20.4 Å². The molecule has 1 aromatic rings. The van der Waals surface area contributed by atoms with Crippen molar-refractivity contribution in [3.05, 3.63) is 29.8 Å². The molecule has 0 aromatic heterocycles. The number of rotatable bonds is 15. The van der Waals surface area contributed by atoms with E-state index in [1.54, 1.807) is 0 Å². The molecule has 0 fully saturated rings. The van der Waals surface area contributed by atoms with Crippen molar-refractivity contribution in [3.8, 4) is 17.6 Å². The van der Waals surface area contributed by atoms with Crippen molar-refractivity contribution in [2.45, 2.75) is 40.2 Å². The van der Waals surface area contributed by atoms with Crippen molar-refractivity contribution in [3.63, 3.8) is 0 Å². The maximum atomic E-state index is 5.67. The van der Waals surface area contributed by atoms with Crippen molar-refractivity contribution in [2.24, 2.45) is 5.92 Å². The minimum Gasteiger partial charge on any atom is -0.491 e. The van der Waals surface area contributed by atoms with Crippen LogP contribution in [0.3, 0.4) is 0 Å². The highest BCUT2D eigenvalue weighted by Gasteiger charge is 1.96. The second-order valence-corrected chi connectivity index (χ2v) is 6.90. The summed E-state index contributed by atoms with van der Waals surface area (Å²) in [5, 5.41) is 3.30. The van der Waals surface area contributed by atoms with Crippen molar-refractivity contribution in [2.75, 3.05) is 52.8 Å². The van der Waals surface area contributed by atoms with Gasteiger partial charge in [0, 0.05) is 25.5 Å². The lowest BCUT2D eigenvalue weighted by molar-refractivity contribution is 0.00971. The Balaban J connectivity index is 0.00000784. The van der Waals surface area contributed by atoms with E-state index in [4.69, 9.17) is 18.9 Å². The monoisotopic (exact) mass is 393 g/mol. The van der Waals surface area contributed by atoms with Gasteiger partial charge in [-0.15, -0.1) is 0 Å².